The Morgan fingerprint density at radius 2 is 1.64 bits per heavy atom. The summed E-state index contributed by atoms with van der Waals surface area (Å²) in [4.78, 5) is 0. The summed E-state index contributed by atoms with van der Waals surface area (Å²) in [5.74, 6) is 4.11. The molecule has 2 rings (SSSR count). The van der Waals surface area contributed by atoms with Gasteiger partial charge in [-0.25, -0.2) is 0 Å². The van der Waals surface area contributed by atoms with E-state index >= 15 is 0 Å². The molecule has 0 aromatic heterocycles. The first-order chi connectivity index (χ1) is 6.90. The Kier molecular flexibility index (Phi) is 4.51. The van der Waals surface area contributed by atoms with Crippen molar-refractivity contribution in [3.05, 3.63) is 0 Å². The normalized spacial score (nSPS) is 34.9. The molecule has 1 N–H and O–H groups in total. The van der Waals surface area contributed by atoms with Crippen LogP contribution in [-0.4, -0.2) is 27.8 Å². The second kappa shape index (κ2) is 5.66. The lowest BCUT2D eigenvalue weighted by Crippen LogP contribution is -2.24. The fraction of sp³-hybridized carbons (Fsp3) is 1.00. The molecule has 14 heavy (non-hydrogen) atoms. The average molecular weight is 232 g/mol. The molecule has 2 fully saturated rings. The average Bonchev–Trinajstić information content (AvgIpc) is 2.71. The van der Waals surface area contributed by atoms with Gasteiger partial charge in [0.2, 0.25) is 0 Å². The van der Waals surface area contributed by atoms with E-state index in [9.17, 15) is 5.11 Å². The Hall–Kier alpha value is 0.660. The second-order valence-corrected chi connectivity index (χ2v) is 7.31. The van der Waals surface area contributed by atoms with Gasteiger partial charge in [-0.05, 0) is 24.7 Å². The van der Waals surface area contributed by atoms with E-state index in [4.69, 9.17) is 0 Å². The van der Waals surface area contributed by atoms with Crippen LogP contribution in [0.3, 0.4) is 0 Å². The van der Waals surface area contributed by atoms with Crippen LogP contribution >= 0.6 is 23.5 Å². The van der Waals surface area contributed by atoms with E-state index in [0.717, 1.165) is 10.5 Å². The van der Waals surface area contributed by atoms with Gasteiger partial charge in [-0.15, -0.1) is 23.5 Å². The summed E-state index contributed by atoms with van der Waals surface area (Å²) in [6.07, 6.45) is 6.71. The summed E-state index contributed by atoms with van der Waals surface area (Å²) in [5, 5.41) is 9.32. The third kappa shape index (κ3) is 2.83. The van der Waals surface area contributed by atoms with Crippen LogP contribution in [0.2, 0.25) is 0 Å². The zero-order valence-electron chi connectivity index (χ0n) is 8.65. The summed E-state index contributed by atoms with van der Waals surface area (Å²) in [6, 6.07) is 0. The van der Waals surface area contributed by atoms with Gasteiger partial charge in [0.05, 0.1) is 4.58 Å². The molecule has 3 heteroatoms. The zero-order chi connectivity index (χ0) is 9.80. The fourth-order valence-electron chi connectivity index (χ4n) is 2.63. The van der Waals surface area contributed by atoms with Crippen molar-refractivity contribution in [3.63, 3.8) is 0 Å². The maximum absolute atomic E-state index is 9.32. The van der Waals surface area contributed by atoms with Crippen molar-refractivity contribution >= 4 is 23.5 Å². The molecule has 2 atom stereocenters. The fourth-order valence-corrected chi connectivity index (χ4v) is 5.65. The Balaban J connectivity index is 1.81. The van der Waals surface area contributed by atoms with Crippen LogP contribution in [0.4, 0.5) is 0 Å². The van der Waals surface area contributed by atoms with Crippen molar-refractivity contribution in [3.8, 4) is 0 Å². The zero-order valence-corrected chi connectivity index (χ0v) is 10.3. The molecule has 0 spiro atoms. The molecule has 0 bridgehead atoms. The summed E-state index contributed by atoms with van der Waals surface area (Å²) >= 11 is 4.26. The summed E-state index contributed by atoms with van der Waals surface area (Å²) < 4.78 is 0.840. The number of hydrogen-bond donors (Lipinski definition) is 1. The molecule has 1 aliphatic carbocycles. The minimum Gasteiger partial charge on any atom is -0.396 e. The first kappa shape index (κ1) is 11.2. The minimum atomic E-state index is 0.423. The number of hydrogen-bond acceptors (Lipinski definition) is 3. The van der Waals surface area contributed by atoms with Gasteiger partial charge in [0.15, 0.2) is 0 Å². The quantitative estimate of drug-likeness (QED) is 0.808. The predicted molar refractivity (Wildman–Crippen MR) is 65.9 cm³/mol. The molecule has 0 radical (unpaired) electrons. The number of aliphatic hydroxyl groups excluding tert-OH is 1. The highest BCUT2D eigenvalue weighted by Gasteiger charge is 2.28. The topological polar surface area (TPSA) is 20.2 Å². The Labute approximate surface area is 95.4 Å². The first-order valence-electron chi connectivity index (χ1n) is 5.74. The van der Waals surface area contributed by atoms with Crippen molar-refractivity contribution in [1.82, 2.24) is 0 Å². The van der Waals surface area contributed by atoms with Gasteiger partial charge >= 0.3 is 0 Å². The monoisotopic (exact) mass is 232 g/mol. The Morgan fingerprint density at radius 1 is 1.00 bits per heavy atom. The smallest absolute Gasteiger partial charge is 0.0505 e. The van der Waals surface area contributed by atoms with Crippen molar-refractivity contribution < 1.29 is 5.11 Å². The van der Waals surface area contributed by atoms with Gasteiger partial charge in [-0.1, -0.05) is 19.3 Å². The molecule has 2 aliphatic rings. The van der Waals surface area contributed by atoms with E-state index < -0.39 is 0 Å². The molecule has 0 amide bonds. The third-order valence-corrected chi connectivity index (χ3v) is 6.57. The van der Waals surface area contributed by atoms with Gasteiger partial charge in [-0.2, -0.15) is 0 Å². The maximum atomic E-state index is 9.32. The van der Waals surface area contributed by atoms with Crippen LogP contribution in [-0.2, 0) is 0 Å². The van der Waals surface area contributed by atoms with E-state index in [-0.39, 0.29) is 0 Å². The Bertz CT molecular complexity index is 169. The molecule has 82 valence electrons. The van der Waals surface area contributed by atoms with E-state index in [0.29, 0.717) is 12.5 Å². The highest BCUT2D eigenvalue weighted by Crippen LogP contribution is 2.41. The van der Waals surface area contributed by atoms with Crippen LogP contribution in [0, 0.1) is 11.8 Å². The van der Waals surface area contributed by atoms with E-state index in [1.165, 1.54) is 43.6 Å². The standard InChI is InChI=1S/C11H20OS2/c12-8-10-4-2-1-3-9(10)7-11-13-5-6-14-11/h9-12H,1-8H2. The van der Waals surface area contributed by atoms with Crippen molar-refractivity contribution in [2.75, 3.05) is 18.1 Å². The van der Waals surface area contributed by atoms with E-state index in [2.05, 4.69) is 23.5 Å². The van der Waals surface area contributed by atoms with Crippen LogP contribution in [0.1, 0.15) is 32.1 Å². The molecule has 1 aliphatic heterocycles. The molecule has 0 aromatic rings. The van der Waals surface area contributed by atoms with Crippen LogP contribution in [0.25, 0.3) is 0 Å². The number of aliphatic hydroxyl groups is 1. The molecule has 1 saturated carbocycles. The number of rotatable bonds is 3. The van der Waals surface area contributed by atoms with Crippen LogP contribution in [0.5, 0.6) is 0 Å². The molecule has 0 aromatic carbocycles. The maximum Gasteiger partial charge on any atom is 0.0505 e. The predicted octanol–water partition coefficient (Wildman–Crippen LogP) is 2.98. The van der Waals surface area contributed by atoms with Gasteiger partial charge in [-0.3, -0.25) is 0 Å². The van der Waals surface area contributed by atoms with Crippen molar-refractivity contribution in [2.24, 2.45) is 11.8 Å². The third-order valence-electron chi connectivity index (χ3n) is 3.49. The van der Waals surface area contributed by atoms with Crippen molar-refractivity contribution in [1.29, 1.82) is 0 Å². The largest absolute Gasteiger partial charge is 0.396 e. The van der Waals surface area contributed by atoms with Gasteiger partial charge in [0.1, 0.15) is 0 Å². The summed E-state index contributed by atoms with van der Waals surface area (Å²) in [6.45, 7) is 0.423. The van der Waals surface area contributed by atoms with Gasteiger partial charge < -0.3 is 5.11 Å². The van der Waals surface area contributed by atoms with Crippen LogP contribution < -0.4 is 0 Å². The highest BCUT2D eigenvalue weighted by atomic mass is 32.2. The molecular formula is C11H20OS2. The molecule has 1 saturated heterocycles. The minimum absolute atomic E-state index is 0.423. The highest BCUT2D eigenvalue weighted by molar-refractivity contribution is 8.20. The van der Waals surface area contributed by atoms with E-state index in [1.54, 1.807) is 0 Å². The summed E-state index contributed by atoms with van der Waals surface area (Å²) in [5.41, 5.74) is 0. The van der Waals surface area contributed by atoms with Crippen molar-refractivity contribution in [2.45, 2.75) is 36.7 Å². The molecule has 1 heterocycles. The van der Waals surface area contributed by atoms with Gasteiger partial charge in [0, 0.05) is 18.1 Å². The number of thioether (sulfide) groups is 2. The lowest BCUT2D eigenvalue weighted by molar-refractivity contribution is 0.132. The Morgan fingerprint density at radius 3 is 2.29 bits per heavy atom. The van der Waals surface area contributed by atoms with Crippen LogP contribution in [0.15, 0.2) is 0 Å². The SMILES string of the molecule is OCC1CCCCC1CC1SCCS1. The molecule has 2 unspecified atom stereocenters. The van der Waals surface area contributed by atoms with Gasteiger partial charge in [0.25, 0.3) is 0 Å². The lowest BCUT2D eigenvalue weighted by atomic mass is 9.78. The molecule has 1 nitrogen and oxygen atoms in total. The molecular weight excluding hydrogens is 212 g/mol. The summed E-state index contributed by atoms with van der Waals surface area (Å²) in [7, 11) is 0. The lowest BCUT2D eigenvalue weighted by Gasteiger charge is -2.31. The second-order valence-electron chi connectivity index (χ2n) is 4.39. The van der Waals surface area contributed by atoms with E-state index in [1.807, 2.05) is 0 Å². The first-order valence-corrected chi connectivity index (χ1v) is 7.84.